The summed E-state index contributed by atoms with van der Waals surface area (Å²) in [6.07, 6.45) is 3.94. The van der Waals surface area contributed by atoms with E-state index in [1.807, 2.05) is 40.1 Å². The van der Waals surface area contributed by atoms with Crippen molar-refractivity contribution in [2.75, 3.05) is 39.8 Å². The molecular weight excluding hydrogens is 344 g/mol. The molecule has 0 saturated carbocycles. The maximum absolute atomic E-state index is 12.9. The number of likely N-dealkylation sites (N-methyl/N-ethyl adjacent to an activating group) is 1. The van der Waals surface area contributed by atoms with Gasteiger partial charge in [0.15, 0.2) is 0 Å². The van der Waals surface area contributed by atoms with Gasteiger partial charge >= 0.3 is 0 Å². The highest BCUT2D eigenvalue weighted by Crippen LogP contribution is 2.33. The molecule has 0 bridgehead atoms. The van der Waals surface area contributed by atoms with E-state index in [0.29, 0.717) is 32.7 Å². The van der Waals surface area contributed by atoms with E-state index in [4.69, 9.17) is 0 Å². The number of nitrogens with one attached hydrogen (secondary N) is 1. The monoisotopic (exact) mass is 370 g/mol. The minimum atomic E-state index is -0.278. The molecule has 1 fully saturated rings. The lowest BCUT2D eigenvalue weighted by Crippen LogP contribution is -2.51. The molecule has 0 aliphatic carbocycles. The van der Waals surface area contributed by atoms with Crippen LogP contribution in [0.15, 0.2) is 30.5 Å². The van der Waals surface area contributed by atoms with Crippen LogP contribution in [0.3, 0.4) is 0 Å². The first-order valence-corrected chi connectivity index (χ1v) is 9.26. The van der Waals surface area contributed by atoms with Crippen LogP contribution in [0.2, 0.25) is 0 Å². The Balaban J connectivity index is 1.65. The quantitative estimate of drug-likeness (QED) is 0.853. The smallest absolute Gasteiger partial charge is 0.233 e. The minimum absolute atomic E-state index is 0.0162. The SMILES string of the molecule is CNC(=O)CN1CCN(C(=O)CC2c3ccccc3C=CN2C(C)=O)CC1. The Morgan fingerprint density at radius 3 is 2.48 bits per heavy atom. The standard InChI is InChI=1S/C20H26N4O3/c1-15(25)24-8-7-16-5-3-4-6-17(16)18(24)13-20(27)23-11-9-22(10-12-23)14-19(26)21-2/h3-8,18H,9-14H2,1-2H3,(H,21,26). The van der Waals surface area contributed by atoms with E-state index in [-0.39, 0.29) is 30.2 Å². The normalized spacial score (nSPS) is 19.6. The predicted molar refractivity (Wildman–Crippen MR) is 102 cm³/mol. The van der Waals surface area contributed by atoms with Gasteiger partial charge in [0.1, 0.15) is 0 Å². The second-order valence-electron chi connectivity index (χ2n) is 6.92. The van der Waals surface area contributed by atoms with Gasteiger partial charge in [0.2, 0.25) is 17.7 Å². The van der Waals surface area contributed by atoms with Crippen LogP contribution in [0.1, 0.15) is 30.5 Å². The van der Waals surface area contributed by atoms with E-state index in [9.17, 15) is 14.4 Å². The lowest BCUT2D eigenvalue weighted by molar-refractivity contribution is -0.136. The number of rotatable bonds is 4. The fraction of sp³-hybridized carbons (Fsp3) is 0.450. The molecule has 2 heterocycles. The summed E-state index contributed by atoms with van der Waals surface area (Å²) in [4.78, 5) is 42.0. The molecule has 2 aliphatic heterocycles. The molecule has 7 heteroatoms. The molecule has 1 unspecified atom stereocenters. The summed E-state index contributed by atoms with van der Waals surface area (Å²) in [5.74, 6) is -0.0534. The van der Waals surface area contributed by atoms with Crippen molar-refractivity contribution in [3.63, 3.8) is 0 Å². The van der Waals surface area contributed by atoms with Crippen LogP contribution in [0.25, 0.3) is 6.08 Å². The average Bonchev–Trinajstić information content (AvgIpc) is 2.68. The zero-order valence-electron chi connectivity index (χ0n) is 15.9. The van der Waals surface area contributed by atoms with E-state index in [0.717, 1.165) is 11.1 Å². The minimum Gasteiger partial charge on any atom is -0.358 e. The lowest BCUT2D eigenvalue weighted by atomic mass is 9.93. The Morgan fingerprint density at radius 1 is 1.11 bits per heavy atom. The molecule has 144 valence electrons. The number of carbonyl (C=O) groups excluding carboxylic acids is 3. The van der Waals surface area contributed by atoms with Gasteiger partial charge < -0.3 is 15.1 Å². The second kappa shape index (κ2) is 8.35. The highest BCUT2D eigenvalue weighted by molar-refractivity contribution is 5.82. The highest BCUT2D eigenvalue weighted by Gasteiger charge is 2.31. The number of piperazine rings is 1. The Bertz CT molecular complexity index is 753. The zero-order valence-corrected chi connectivity index (χ0v) is 15.9. The number of hydrogen-bond acceptors (Lipinski definition) is 4. The van der Waals surface area contributed by atoms with Gasteiger partial charge in [0.25, 0.3) is 0 Å². The first kappa shape index (κ1) is 19.1. The van der Waals surface area contributed by atoms with Crippen molar-refractivity contribution >= 4 is 23.8 Å². The zero-order chi connectivity index (χ0) is 19.4. The molecule has 1 atom stereocenters. The molecule has 2 aliphatic rings. The van der Waals surface area contributed by atoms with Crippen LogP contribution >= 0.6 is 0 Å². The van der Waals surface area contributed by atoms with Crippen molar-refractivity contribution in [2.24, 2.45) is 0 Å². The van der Waals surface area contributed by atoms with Crippen LogP contribution in [0.4, 0.5) is 0 Å². The molecule has 0 aromatic heterocycles. The van der Waals surface area contributed by atoms with Crippen LogP contribution in [-0.2, 0) is 14.4 Å². The third-order valence-corrected chi connectivity index (χ3v) is 5.21. The number of amides is 3. The van der Waals surface area contributed by atoms with Crippen molar-refractivity contribution in [3.05, 3.63) is 41.6 Å². The van der Waals surface area contributed by atoms with Crippen LogP contribution < -0.4 is 5.32 Å². The third kappa shape index (κ3) is 4.36. The van der Waals surface area contributed by atoms with Crippen molar-refractivity contribution in [1.29, 1.82) is 0 Å². The van der Waals surface area contributed by atoms with Crippen molar-refractivity contribution in [1.82, 2.24) is 20.0 Å². The summed E-state index contributed by atoms with van der Waals surface area (Å²) in [6.45, 7) is 4.43. The molecule has 0 spiro atoms. The van der Waals surface area contributed by atoms with Crippen molar-refractivity contribution in [3.8, 4) is 0 Å². The average molecular weight is 370 g/mol. The van der Waals surface area contributed by atoms with Gasteiger partial charge in [-0.3, -0.25) is 19.3 Å². The van der Waals surface area contributed by atoms with E-state index < -0.39 is 0 Å². The van der Waals surface area contributed by atoms with Gasteiger partial charge in [-0.25, -0.2) is 0 Å². The van der Waals surface area contributed by atoms with Crippen LogP contribution in [0.5, 0.6) is 0 Å². The number of carbonyl (C=O) groups is 3. The maximum atomic E-state index is 12.9. The van der Waals surface area contributed by atoms with Crippen LogP contribution in [-0.4, -0.2) is 72.2 Å². The summed E-state index contributed by atoms with van der Waals surface area (Å²) >= 11 is 0. The fourth-order valence-corrected chi connectivity index (χ4v) is 3.65. The number of hydrogen-bond donors (Lipinski definition) is 1. The summed E-state index contributed by atoms with van der Waals surface area (Å²) in [6, 6.07) is 7.59. The Labute approximate surface area is 159 Å². The Hall–Kier alpha value is -2.67. The first-order valence-electron chi connectivity index (χ1n) is 9.26. The molecule has 1 aromatic carbocycles. The molecule has 1 aromatic rings. The largest absolute Gasteiger partial charge is 0.358 e. The molecule has 1 N–H and O–H groups in total. The number of benzene rings is 1. The third-order valence-electron chi connectivity index (χ3n) is 5.21. The van der Waals surface area contributed by atoms with Crippen molar-refractivity contribution in [2.45, 2.75) is 19.4 Å². The van der Waals surface area contributed by atoms with E-state index in [2.05, 4.69) is 5.32 Å². The van der Waals surface area contributed by atoms with E-state index >= 15 is 0 Å². The predicted octanol–water partition coefficient (Wildman–Crippen LogP) is 0.841. The molecule has 3 rings (SSSR count). The van der Waals surface area contributed by atoms with Gasteiger partial charge in [-0.15, -0.1) is 0 Å². The molecule has 7 nitrogen and oxygen atoms in total. The first-order chi connectivity index (χ1) is 13.0. The van der Waals surface area contributed by atoms with Gasteiger partial charge in [-0.1, -0.05) is 24.3 Å². The fourth-order valence-electron chi connectivity index (χ4n) is 3.65. The molecule has 0 radical (unpaired) electrons. The Morgan fingerprint density at radius 2 is 1.81 bits per heavy atom. The number of fused-ring (bicyclic) bond motifs is 1. The second-order valence-corrected chi connectivity index (χ2v) is 6.92. The Kier molecular flexibility index (Phi) is 5.91. The molecule has 1 saturated heterocycles. The van der Waals surface area contributed by atoms with Gasteiger partial charge in [0, 0.05) is 46.4 Å². The van der Waals surface area contributed by atoms with Gasteiger partial charge in [-0.05, 0) is 17.2 Å². The van der Waals surface area contributed by atoms with Gasteiger partial charge in [0.05, 0.1) is 19.0 Å². The molecule has 3 amide bonds. The molecule has 27 heavy (non-hydrogen) atoms. The maximum Gasteiger partial charge on any atom is 0.233 e. The summed E-state index contributed by atoms with van der Waals surface area (Å²) < 4.78 is 0. The summed E-state index contributed by atoms with van der Waals surface area (Å²) in [7, 11) is 1.62. The molecular formula is C20H26N4O3. The van der Waals surface area contributed by atoms with Gasteiger partial charge in [-0.2, -0.15) is 0 Å². The summed E-state index contributed by atoms with van der Waals surface area (Å²) in [5.41, 5.74) is 2.05. The highest BCUT2D eigenvalue weighted by atomic mass is 16.2. The summed E-state index contributed by atoms with van der Waals surface area (Å²) in [5, 5.41) is 2.62. The van der Waals surface area contributed by atoms with E-state index in [1.165, 1.54) is 6.92 Å². The lowest BCUT2D eigenvalue weighted by Gasteiger charge is -2.37. The number of nitrogens with zero attached hydrogens (tertiary/aromatic N) is 3. The topological polar surface area (TPSA) is 73.0 Å². The van der Waals surface area contributed by atoms with Crippen molar-refractivity contribution < 1.29 is 14.4 Å². The van der Waals surface area contributed by atoms with Crippen LogP contribution in [0, 0.1) is 0 Å². The van der Waals surface area contributed by atoms with E-state index in [1.54, 1.807) is 18.1 Å².